The van der Waals surface area contributed by atoms with Gasteiger partial charge in [0, 0.05) is 5.56 Å². The van der Waals surface area contributed by atoms with Gasteiger partial charge in [-0.2, -0.15) is 10.2 Å². The lowest BCUT2D eigenvalue weighted by Crippen LogP contribution is -2.18. The smallest absolute Gasteiger partial charge is 0.289 e. The van der Waals surface area contributed by atoms with E-state index in [-0.39, 0.29) is 5.75 Å². The van der Waals surface area contributed by atoms with Crippen molar-refractivity contribution in [2.24, 2.45) is 5.10 Å². The summed E-state index contributed by atoms with van der Waals surface area (Å²) in [7, 11) is 1.46. The molecule has 2 aromatic carbocycles. The van der Waals surface area contributed by atoms with Crippen LogP contribution in [-0.4, -0.2) is 34.5 Å². The summed E-state index contributed by atoms with van der Waals surface area (Å²) >= 11 is 0. The Hall–Kier alpha value is -3.61. The van der Waals surface area contributed by atoms with Crippen molar-refractivity contribution in [2.75, 3.05) is 7.11 Å². The predicted molar refractivity (Wildman–Crippen MR) is 103 cm³/mol. The Bertz CT molecular complexity index is 1010. The van der Waals surface area contributed by atoms with Crippen LogP contribution in [0.3, 0.4) is 0 Å². The Morgan fingerprint density at radius 1 is 1.19 bits per heavy atom. The molecule has 0 radical (unpaired) electrons. The van der Waals surface area contributed by atoms with E-state index in [0.29, 0.717) is 22.7 Å². The summed E-state index contributed by atoms with van der Waals surface area (Å²) in [5.74, 6) is -0.0357. The normalized spacial score (nSPS) is 10.9. The molecular weight excluding hydrogens is 344 g/mol. The molecule has 0 saturated carbocycles. The molecule has 0 aliphatic rings. The molecule has 0 aliphatic carbocycles. The number of phenols is 1. The molecule has 0 aliphatic heterocycles. The number of aromatic hydroxyl groups is 1. The van der Waals surface area contributed by atoms with Crippen LogP contribution in [0.15, 0.2) is 47.6 Å². The third-order valence-corrected chi connectivity index (χ3v) is 4.21. The van der Waals surface area contributed by atoms with Crippen LogP contribution in [0.1, 0.15) is 27.2 Å². The number of ether oxygens (including phenoxy) is 1. The summed E-state index contributed by atoms with van der Waals surface area (Å²) in [4.78, 5) is 12.2. The number of aromatic amines is 1. The molecule has 1 amide bonds. The van der Waals surface area contributed by atoms with Gasteiger partial charge in [0.2, 0.25) is 0 Å². The van der Waals surface area contributed by atoms with Gasteiger partial charge in [-0.25, -0.2) is 5.43 Å². The maximum Gasteiger partial charge on any atom is 0.289 e. The molecule has 0 atom stereocenters. The summed E-state index contributed by atoms with van der Waals surface area (Å²) in [5.41, 5.74) is 7.41. The number of phenolic OH excluding ortho intramolecular Hbond substituents is 1. The number of H-pyrrole nitrogens is 1. The van der Waals surface area contributed by atoms with Crippen molar-refractivity contribution in [3.05, 3.63) is 64.8 Å². The zero-order valence-corrected chi connectivity index (χ0v) is 15.3. The largest absolute Gasteiger partial charge is 0.504 e. The standard InChI is InChI=1S/C20H20N4O3/c1-12-4-6-15(8-13(12)2)16-10-17(23-22-16)20(26)24-21-11-14-5-7-18(25)19(9-14)27-3/h4-11,25H,1-3H3,(H,22,23)(H,24,26). The minimum absolute atomic E-state index is 0.0371. The van der Waals surface area contributed by atoms with Gasteiger partial charge in [0.15, 0.2) is 11.5 Å². The van der Waals surface area contributed by atoms with Gasteiger partial charge in [0.1, 0.15) is 5.69 Å². The molecular formula is C20H20N4O3. The lowest BCUT2D eigenvalue weighted by Gasteiger charge is -2.03. The number of rotatable bonds is 5. The molecule has 0 spiro atoms. The first-order valence-corrected chi connectivity index (χ1v) is 8.31. The van der Waals surface area contributed by atoms with E-state index in [4.69, 9.17) is 4.74 Å². The Morgan fingerprint density at radius 2 is 2.00 bits per heavy atom. The molecule has 1 aromatic heterocycles. The van der Waals surface area contributed by atoms with Crippen LogP contribution >= 0.6 is 0 Å². The number of methoxy groups -OCH3 is 1. The van der Waals surface area contributed by atoms with E-state index in [1.165, 1.54) is 25.0 Å². The van der Waals surface area contributed by atoms with Gasteiger partial charge < -0.3 is 9.84 Å². The number of hydrogen-bond donors (Lipinski definition) is 3. The molecule has 7 nitrogen and oxygen atoms in total. The van der Waals surface area contributed by atoms with Gasteiger partial charge in [-0.15, -0.1) is 0 Å². The van der Waals surface area contributed by atoms with Crippen LogP contribution in [-0.2, 0) is 0 Å². The molecule has 0 fully saturated rings. The first-order valence-electron chi connectivity index (χ1n) is 8.31. The quantitative estimate of drug-likeness (QED) is 0.478. The van der Waals surface area contributed by atoms with Crippen molar-refractivity contribution in [3.8, 4) is 22.8 Å². The topological polar surface area (TPSA) is 99.6 Å². The Balaban J connectivity index is 1.68. The first kappa shape index (κ1) is 18.2. The van der Waals surface area contributed by atoms with Gasteiger partial charge >= 0.3 is 0 Å². The summed E-state index contributed by atoms with van der Waals surface area (Å²) in [5, 5.41) is 20.4. The number of hydrogen-bond acceptors (Lipinski definition) is 5. The Morgan fingerprint density at radius 3 is 2.74 bits per heavy atom. The molecule has 1 heterocycles. The van der Waals surface area contributed by atoms with Crippen molar-refractivity contribution in [3.63, 3.8) is 0 Å². The average Bonchev–Trinajstić information content (AvgIpc) is 3.15. The summed E-state index contributed by atoms with van der Waals surface area (Å²) < 4.78 is 5.03. The number of aryl methyl sites for hydroxylation is 2. The second-order valence-electron chi connectivity index (χ2n) is 6.10. The Labute approximate surface area is 156 Å². The predicted octanol–water partition coefficient (Wildman–Crippen LogP) is 3.17. The zero-order valence-electron chi connectivity index (χ0n) is 15.3. The third kappa shape index (κ3) is 4.14. The molecule has 3 aromatic rings. The minimum Gasteiger partial charge on any atom is -0.504 e. The Kier molecular flexibility index (Phi) is 5.21. The van der Waals surface area contributed by atoms with Crippen molar-refractivity contribution < 1.29 is 14.6 Å². The lowest BCUT2D eigenvalue weighted by molar-refractivity contribution is 0.0950. The molecule has 0 saturated heterocycles. The van der Waals surface area contributed by atoms with Crippen LogP contribution in [0.5, 0.6) is 11.5 Å². The van der Waals surface area contributed by atoms with Crippen molar-refractivity contribution in [1.82, 2.24) is 15.6 Å². The van der Waals surface area contributed by atoms with E-state index in [1.54, 1.807) is 18.2 Å². The maximum atomic E-state index is 12.2. The molecule has 7 heteroatoms. The van der Waals surface area contributed by atoms with E-state index in [9.17, 15) is 9.90 Å². The second kappa shape index (κ2) is 7.74. The molecule has 3 N–H and O–H groups in total. The molecule has 27 heavy (non-hydrogen) atoms. The van der Waals surface area contributed by atoms with Crippen molar-refractivity contribution in [1.29, 1.82) is 0 Å². The van der Waals surface area contributed by atoms with E-state index >= 15 is 0 Å². The number of benzene rings is 2. The van der Waals surface area contributed by atoms with Crippen molar-refractivity contribution in [2.45, 2.75) is 13.8 Å². The van der Waals surface area contributed by atoms with Crippen LogP contribution in [0.4, 0.5) is 0 Å². The highest BCUT2D eigenvalue weighted by molar-refractivity contribution is 5.94. The lowest BCUT2D eigenvalue weighted by atomic mass is 10.0. The van der Waals surface area contributed by atoms with Gasteiger partial charge in [0.25, 0.3) is 5.91 Å². The summed E-state index contributed by atoms with van der Waals surface area (Å²) in [6, 6.07) is 12.5. The second-order valence-corrected chi connectivity index (χ2v) is 6.10. The van der Waals surface area contributed by atoms with Crippen LogP contribution in [0.2, 0.25) is 0 Å². The number of hydrazone groups is 1. The number of carbonyl (C=O) groups excluding carboxylic acids is 1. The molecule has 138 valence electrons. The SMILES string of the molecule is COc1cc(C=NNC(=O)c2cc(-c3ccc(C)c(C)c3)n[nH]2)ccc1O. The van der Waals surface area contributed by atoms with Gasteiger partial charge in [-0.1, -0.05) is 12.1 Å². The van der Waals surface area contributed by atoms with E-state index in [0.717, 1.165) is 11.1 Å². The fourth-order valence-corrected chi connectivity index (χ4v) is 2.49. The van der Waals surface area contributed by atoms with E-state index in [2.05, 4.69) is 20.7 Å². The highest BCUT2D eigenvalue weighted by Crippen LogP contribution is 2.25. The number of aromatic nitrogens is 2. The summed E-state index contributed by atoms with van der Waals surface area (Å²) in [6.45, 7) is 4.08. The minimum atomic E-state index is -0.403. The molecule has 0 bridgehead atoms. The maximum absolute atomic E-state index is 12.2. The number of nitrogens with zero attached hydrogens (tertiary/aromatic N) is 2. The first-order chi connectivity index (χ1) is 13.0. The van der Waals surface area contributed by atoms with Gasteiger partial charge in [-0.05, 0) is 60.9 Å². The average molecular weight is 364 g/mol. The molecule has 0 unspecified atom stereocenters. The van der Waals surface area contributed by atoms with Crippen LogP contribution < -0.4 is 10.2 Å². The third-order valence-electron chi connectivity index (χ3n) is 4.21. The fourth-order valence-electron chi connectivity index (χ4n) is 2.49. The highest BCUT2D eigenvalue weighted by Gasteiger charge is 2.11. The monoisotopic (exact) mass is 364 g/mol. The van der Waals surface area contributed by atoms with Crippen LogP contribution in [0.25, 0.3) is 11.3 Å². The van der Waals surface area contributed by atoms with Crippen LogP contribution in [0, 0.1) is 13.8 Å². The number of carbonyl (C=O) groups is 1. The number of amides is 1. The zero-order chi connectivity index (χ0) is 19.4. The summed E-state index contributed by atoms with van der Waals surface area (Å²) in [6.07, 6.45) is 1.46. The van der Waals surface area contributed by atoms with Gasteiger partial charge in [0.05, 0.1) is 19.0 Å². The van der Waals surface area contributed by atoms with E-state index in [1.807, 2.05) is 32.0 Å². The van der Waals surface area contributed by atoms with Crippen molar-refractivity contribution >= 4 is 12.1 Å². The van der Waals surface area contributed by atoms with E-state index < -0.39 is 5.91 Å². The fraction of sp³-hybridized carbons (Fsp3) is 0.150. The highest BCUT2D eigenvalue weighted by atomic mass is 16.5. The van der Waals surface area contributed by atoms with Gasteiger partial charge in [-0.3, -0.25) is 9.89 Å². The number of nitrogens with one attached hydrogen (secondary N) is 2. The molecule has 3 rings (SSSR count).